The second kappa shape index (κ2) is 8.21. The molecule has 1 aliphatic rings. The summed E-state index contributed by atoms with van der Waals surface area (Å²) in [5, 5.41) is 11.5. The van der Waals surface area contributed by atoms with Gasteiger partial charge in [-0.05, 0) is 43.2 Å². The minimum Gasteiger partial charge on any atom is -0.313 e. The lowest BCUT2D eigenvalue weighted by molar-refractivity contribution is 0.256. The fourth-order valence-electron chi connectivity index (χ4n) is 3.44. The number of aryl methyl sites for hydroxylation is 1. The fourth-order valence-corrected chi connectivity index (χ4v) is 3.44. The van der Waals surface area contributed by atoms with E-state index in [4.69, 9.17) is 0 Å². The molecule has 28 heavy (non-hydrogen) atoms. The maximum absolute atomic E-state index is 13.8. The summed E-state index contributed by atoms with van der Waals surface area (Å²) in [5.41, 5.74) is 1.15. The largest absolute Gasteiger partial charge is 0.326 e. The Hall–Kier alpha value is -3.22. The molecular formula is C21H22FN5O. The molecule has 4 rings (SSSR count). The summed E-state index contributed by atoms with van der Waals surface area (Å²) in [7, 11) is 0. The number of halogens is 1. The van der Waals surface area contributed by atoms with Crippen molar-refractivity contribution >= 4 is 17.4 Å². The SMILES string of the molecule is O=C(Nc1ccccc1)N(Cc1nnc2n1CCCCC2)c1cccc(F)c1. The third-order valence-electron chi connectivity index (χ3n) is 4.88. The molecule has 1 aromatic heterocycles. The first kappa shape index (κ1) is 18.2. The summed E-state index contributed by atoms with van der Waals surface area (Å²) in [4.78, 5) is 14.5. The number of benzene rings is 2. The molecule has 2 amide bonds. The minimum atomic E-state index is -0.393. The Morgan fingerprint density at radius 2 is 1.93 bits per heavy atom. The number of nitrogens with one attached hydrogen (secondary N) is 1. The number of anilines is 2. The molecule has 1 aliphatic heterocycles. The van der Waals surface area contributed by atoms with E-state index in [-0.39, 0.29) is 12.6 Å². The molecule has 144 valence electrons. The van der Waals surface area contributed by atoms with Crippen LogP contribution in [0.2, 0.25) is 0 Å². The highest BCUT2D eigenvalue weighted by molar-refractivity contribution is 6.01. The Labute approximate surface area is 163 Å². The van der Waals surface area contributed by atoms with Gasteiger partial charge in [0.25, 0.3) is 0 Å². The molecule has 0 saturated heterocycles. The number of nitrogens with zero attached hydrogens (tertiary/aromatic N) is 4. The van der Waals surface area contributed by atoms with Crippen LogP contribution in [0, 0.1) is 5.82 Å². The van der Waals surface area contributed by atoms with Crippen LogP contribution in [0.4, 0.5) is 20.6 Å². The third kappa shape index (κ3) is 4.03. The zero-order valence-electron chi connectivity index (χ0n) is 15.5. The lowest BCUT2D eigenvalue weighted by Crippen LogP contribution is -2.35. The number of amides is 2. The Bertz CT molecular complexity index is 956. The van der Waals surface area contributed by atoms with Crippen LogP contribution in [0.25, 0.3) is 0 Å². The number of carbonyl (C=O) groups is 1. The van der Waals surface area contributed by atoms with Crippen molar-refractivity contribution in [2.24, 2.45) is 0 Å². The van der Waals surface area contributed by atoms with Crippen LogP contribution >= 0.6 is 0 Å². The van der Waals surface area contributed by atoms with Gasteiger partial charge >= 0.3 is 6.03 Å². The highest BCUT2D eigenvalue weighted by Crippen LogP contribution is 2.22. The van der Waals surface area contributed by atoms with Crippen LogP contribution in [0.1, 0.15) is 30.9 Å². The summed E-state index contributed by atoms with van der Waals surface area (Å²) in [6, 6.07) is 14.9. The van der Waals surface area contributed by atoms with Gasteiger partial charge in [0.1, 0.15) is 11.6 Å². The van der Waals surface area contributed by atoms with Gasteiger partial charge in [0.2, 0.25) is 0 Å². The number of para-hydroxylation sites is 1. The molecule has 7 heteroatoms. The summed E-state index contributed by atoms with van der Waals surface area (Å²) >= 11 is 0. The van der Waals surface area contributed by atoms with Crippen molar-refractivity contribution < 1.29 is 9.18 Å². The smallest absolute Gasteiger partial charge is 0.313 e. The zero-order chi connectivity index (χ0) is 19.3. The molecule has 2 aromatic carbocycles. The van der Waals surface area contributed by atoms with E-state index in [1.807, 2.05) is 30.3 Å². The first-order valence-corrected chi connectivity index (χ1v) is 9.51. The number of urea groups is 1. The standard InChI is InChI=1S/C21H22FN5O/c22-16-8-7-11-18(14-16)27(21(28)23-17-9-3-1-4-10-17)15-20-25-24-19-12-5-2-6-13-26(19)20/h1,3-4,7-11,14H,2,5-6,12-13,15H2,(H,23,28). The highest BCUT2D eigenvalue weighted by atomic mass is 19.1. The van der Waals surface area contributed by atoms with Gasteiger partial charge in [0, 0.05) is 24.3 Å². The maximum atomic E-state index is 13.8. The van der Waals surface area contributed by atoms with Crippen molar-refractivity contribution in [3.63, 3.8) is 0 Å². The summed E-state index contributed by atoms with van der Waals surface area (Å²) in [5.74, 6) is 1.27. The number of hydrogen-bond acceptors (Lipinski definition) is 3. The average Bonchev–Trinajstić information content (AvgIpc) is 2.92. The van der Waals surface area contributed by atoms with Gasteiger partial charge in [0.15, 0.2) is 5.82 Å². The van der Waals surface area contributed by atoms with Gasteiger partial charge in [-0.2, -0.15) is 0 Å². The topological polar surface area (TPSA) is 63.1 Å². The Morgan fingerprint density at radius 1 is 1.07 bits per heavy atom. The van der Waals surface area contributed by atoms with Crippen molar-refractivity contribution in [3.8, 4) is 0 Å². The monoisotopic (exact) mass is 379 g/mol. The lowest BCUT2D eigenvalue weighted by atomic mass is 10.2. The Kier molecular flexibility index (Phi) is 5.32. The number of fused-ring (bicyclic) bond motifs is 1. The van der Waals surface area contributed by atoms with Crippen molar-refractivity contribution in [1.82, 2.24) is 14.8 Å². The van der Waals surface area contributed by atoms with Crippen LogP contribution < -0.4 is 10.2 Å². The van der Waals surface area contributed by atoms with Crippen LogP contribution in [-0.2, 0) is 19.5 Å². The second-order valence-electron chi connectivity index (χ2n) is 6.86. The predicted octanol–water partition coefficient (Wildman–Crippen LogP) is 4.38. The second-order valence-corrected chi connectivity index (χ2v) is 6.86. The molecule has 1 N–H and O–H groups in total. The molecule has 3 aromatic rings. The third-order valence-corrected chi connectivity index (χ3v) is 4.88. The molecule has 0 fully saturated rings. The molecule has 0 radical (unpaired) electrons. The zero-order valence-corrected chi connectivity index (χ0v) is 15.5. The molecular weight excluding hydrogens is 357 g/mol. The van der Waals surface area contributed by atoms with Crippen molar-refractivity contribution in [1.29, 1.82) is 0 Å². The van der Waals surface area contributed by atoms with Gasteiger partial charge in [-0.1, -0.05) is 30.7 Å². The number of hydrogen-bond donors (Lipinski definition) is 1. The van der Waals surface area contributed by atoms with Gasteiger partial charge in [0.05, 0.1) is 6.54 Å². The van der Waals surface area contributed by atoms with E-state index in [2.05, 4.69) is 20.1 Å². The molecule has 2 heterocycles. The van der Waals surface area contributed by atoms with Crippen LogP contribution in [-0.4, -0.2) is 20.8 Å². The molecule has 0 unspecified atom stereocenters. The van der Waals surface area contributed by atoms with Crippen molar-refractivity contribution in [2.75, 3.05) is 10.2 Å². The van der Waals surface area contributed by atoms with Crippen molar-refractivity contribution in [2.45, 2.75) is 38.8 Å². The van der Waals surface area contributed by atoms with Crippen molar-refractivity contribution in [3.05, 3.63) is 72.1 Å². The van der Waals surface area contributed by atoms with E-state index in [0.717, 1.165) is 38.1 Å². The van der Waals surface area contributed by atoms with Crippen LogP contribution in [0.5, 0.6) is 0 Å². The van der Waals surface area contributed by atoms with E-state index >= 15 is 0 Å². The summed E-state index contributed by atoms with van der Waals surface area (Å²) in [6.07, 6.45) is 4.21. The molecule has 0 bridgehead atoms. The summed E-state index contributed by atoms with van der Waals surface area (Å²) in [6.45, 7) is 1.06. The van der Waals surface area contributed by atoms with E-state index in [9.17, 15) is 9.18 Å². The summed E-state index contributed by atoms with van der Waals surface area (Å²) < 4.78 is 15.9. The van der Waals surface area contributed by atoms with Crippen LogP contribution in [0.15, 0.2) is 54.6 Å². The maximum Gasteiger partial charge on any atom is 0.326 e. The predicted molar refractivity (Wildman–Crippen MR) is 106 cm³/mol. The number of rotatable bonds is 4. The number of aromatic nitrogens is 3. The Balaban J connectivity index is 1.64. The van der Waals surface area contributed by atoms with E-state index < -0.39 is 5.82 Å². The minimum absolute atomic E-state index is 0.217. The van der Waals surface area contributed by atoms with Crippen LogP contribution in [0.3, 0.4) is 0 Å². The molecule has 6 nitrogen and oxygen atoms in total. The Morgan fingerprint density at radius 3 is 2.75 bits per heavy atom. The molecule has 0 spiro atoms. The lowest BCUT2D eigenvalue weighted by Gasteiger charge is -2.23. The van der Waals surface area contributed by atoms with E-state index in [0.29, 0.717) is 17.2 Å². The average molecular weight is 379 g/mol. The molecule has 0 atom stereocenters. The van der Waals surface area contributed by atoms with E-state index in [1.165, 1.54) is 17.0 Å². The van der Waals surface area contributed by atoms with Gasteiger partial charge < -0.3 is 9.88 Å². The molecule has 0 saturated carbocycles. The molecule has 0 aliphatic carbocycles. The number of carbonyl (C=O) groups excluding carboxylic acids is 1. The first-order valence-electron chi connectivity index (χ1n) is 9.51. The van der Waals surface area contributed by atoms with Gasteiger partial charge in [-0.25, -0.2) is 9.18 Å². The highest BCUT2D eigenvalue weighted by Gasteiger charge is 2.22. The first-order chi connectivity index (χ1) is 13.7. The van der Waals surface area contributed by atoms with Gasteiger partial charge in [-0.3, -0.25) is 4.90 Å². The fraction of sp³-hybridized carbons (Fsp3) is 0.286. The van der Waals surface area contributed by atoms with Gasteiger partial charge in [-0.15, -0.1) is 10.2 Å². The normalized spacial score (nSPS) is 13.5. The van der Waals surface area contributed by atoms with E-state index in [1.54, 1.807) is 12.1 Å². The quantitative estimate of drug-likeness (QED) is 0.732.